The monoisotopic (exact) mass is 418 g/mol. The van der Waals surface area contributed by atoms with Crippen LogP contribution in [0.2, 0.25) is 0 Å². The molecule has 1 fully saturated rings. The lowest BCUT2D eigenvalue weighted by Crippen LogP contribution is -2.49. The predicted octanol–water partition coefficient (Wildman–Crippen LogP) is 3.51. The fourth-order valence-electron chi connectivity index (χ4n) is 3.64. The Hall–Kier alpha value is -3.61. The van der Waals surface area contributed by atoms with E-state index in [4.69, 9.17) is 9.47 Å². The molecule has 7 heteroatoms. The Balaban J connectivity index is 1.42. The van der Waals surface area contributed by atoms with E-state index in [1.54, 1.807) is 19.5 Å². The van der Waals surface area contributed by atoms with Crippen molar-refractivity contribution in [3.63, 3.8) is 0 Å². The highest BCUT2D eigenvalue weighted by molar-refractivity contribution is 5.94. The largest absolute Gasteiger partial charge is 0.497 e. The SMILES string of the molecule is CCOc1ccc(-c2cc(N3CCN(C(=O)c4cccc(OC)c4)CC3)ncn2)cc1. The lowest BCUT2D eigenvalue weighted by Gasteiger charge is -2.35. The molecule has 1 aliphatic heterocycles. The van der Waals surface area contributed by atoms with Crippen LogP contribution >= 0.6 is 0 Å². The van der Waals surface area contributed by atoms with Crippen LogP contribution in [0.4, 0.5) is 5.82 Å². The molecule has 0 N–H and O–H groups in total. The van der Waals surface area contributed by atoms with Gasteiger partial charge in [-0.2, -0.15) is 0 Å². The molecular formula is C24H26N4O3. The summed E-state index contributed by atoms with van der Waals surface area (Å²) in [6, 6.07) is 17.2. The fourth-order valence-corrected chi connectivity index (χ4v) is 3.64. The third-order valence-electron chi connectivity index (χ3n) is 5.32. The summed E-state index contributed by atoms with van der Waals surface area (Å²) in [7, 11) is 1.60. The smallest absolute Gasteiger partial charge is 0.254 e. The molecule has 4 rings (SSSR count). The summed E-state index contributed by atoms with van der Waals surface area (Å²) in [5.74, 6) is 2.42. The van der Waals surface area contributed by atoms with Gasteiger partial charge in [0.25, 0.3) is 5.91 Å². The van der Waals surface area contributed by atoms with Gasteiger partial charge in [-0.1, -0.05) is 6.07 Å². The van der Waals surface area contributed by atoms with E-state index in [2.05, 4.69) is 14.9 Å². The Labute approximate surface area is 182 Å². The number of ether oxygens (including phenoxy) is 2. The van der Waals surface area contributed by atoms with E-state index in [0.29, 0.717) is 31.0 Å². The van der Waals surface area contributed by atoms with Crippen LogP contribution in [0.1, 0.15) is 17.3 Å². The van der Waals surface area contributed by atoms with Gasteiger partial charge in [0.1, 0.15) is 23.6 Å². The van der Waals surface area contributed by atoms with E-state index in [9.17, 15) is 4.79 Å². The van der Waals surface area contributed by atoms with Gasteiger partial charge in [0.05, 0.1) is 19.4 Å². The molecule has 0 unspecified atom stereocenters. The van der Waals surface area contributed by atoms with Crippen molar-refractivity contribution in [2.24, 2.45) is 0 Å². The molecule has 0 saturated carbocycles. The van der Waals surface area contributed by atoms with E-state index in [-0.39, 0.29) is 5.91 Å². The Morgan fingerprint density at radius 3 is 2.45 bits per heavy atom. The Morgan fingerprint density at radius 1 is 0.968 bits per heavy atom. The van der Waals surface area contributed by atoms with Gasteiger partial charge >= 0.3 is 0 Å². The molecule has 2 heterocycles. The zero-order valence-electron chi connectivity index (χ0n) is 17.8. The molecule has 1 aliphatic rings. The van der Waals surface area contributed by atoms with Crippen molar-refractivity contribution in [1.82, 2.24) is 14.9 Å². The van der Waals surface area contributed by atoms with Gasteiger partial charge < -0.3 is 19.3 Å². The first-order chi connectivity index (χ1) is 15.2. The zero-order valence-corrected chi connectivity index (χ0v) is 17.8. The Kier molecular flexibility index (Phi) is 6.31. The number of piperazine rings is 1. The number of nitrogens with zero attached hydrogens (tertiary/aromatic N) is 4. The van der Waals surface area contributed by atoms with E-state index >= 15 is 0 Å². The second-order valence-electron chi connectivity index (χ2n) is 7.23. The van der Waals surface area contributed by atoms with Crippen molar-refractivity contribution in [2.75, 3.05) is 44.8 Å². The lowest BCUT2D eigenvalue weighted by atomic mass is 10.1. The van der Waals surface area contributed by atoms with Gasteiger partial charge in [0.2, 0.25) is 0 Å². The average molecular weight is 418 g/mol. The van der Waals surface area contributed by atoms with Crippen LogP contribution in [0.15, 0.2) is 60.9 Å². The summed E-state index contributed by atoms with van der Waals surface area (Å²) in [5.41, 5.74) is 2.52. The topological polar surface area (TPSA) is 67.8 Å². The lowest BCUT2D eigenvalue weighted by molar-refractivity contribution is 0.0746. The number of rotatable bonds is 6. The van der Waals surface area contributed by atoms with Crippen LogP contribution in [0.25, 0.3) is 11.3 Å². The third kappa shape index (κ3) is 4.77. The maximum Gasteiger partial charge on any atom is 0.254 e. The Bertz CT molecular complexity index is 1030. The molecular weight excluding hydrogens is 392 g/mol. The number of methoxy groups -OCH3 is 1. The van der Waals surface area contributed by atoms with Crippen LogP contribution < -0.4 is 14.4 Å². The van der Waals surface area contributed by atoms with Crippen molar-refractivity contribution >= 4 is 11.7 Å². The second kappa shape index (κ2) is 9.47. The van der Waals surface area contributed by atoms with E-state index in [1.807, 2.05) is 60.4 Å². The van der Waals surface area contributed by atoms with Gasteiger partial charge in [-0.3, -0.25) is 4.79 Å². The molecule has 7 nitrogen and oxygen atoms in total. The first kappa shape index (κ1) is 20.7. The average Bonchev–Trinajstić information content (AvgIpc) is 2.84. The maximum absolute atomic E-state index is 12.8. The number of hydrogen-bond acceptors (Lipinski definition) is 6. The van der Waals surface area contributed by atoms with Gasteiger partial charge in [0.15, 0.2) is 0 Å². The zero-order chi connectivity index (χ0) is 21.6. The summed E-state index contributed by atoms with van der Waals surface area (Å²) in [5, 5.41) is 0. The first-order valence-electron chi connectivity index (χ1n) is 10.4. The summed E-state index contributed by atoms with van der Waals surface area (Å²) in [6.07, 6.45) is 1.59. The van der Waals surface area contributed by atoms with Crippen LogP contribution in [-0.4, -0.2) is 60.7 Å². The highest BCUT2D eigenvalue weighted by Gasteiger charge is 2.23. The van der Waals surface area contributed by atoms with Gasteiger partial charge in [-0.05, 0) is 49.4 Å². The summed E-state index contributed by atoms with van der Waals surface area (Å²) >= 11 is 0. The molecule has 0 radical (unpaired) electrons. The quantitative estimate of drug-likeness (QED) is 0.610. The molecule has 160 valence electrons. The van der Waals surface area contributed by atoms with Crippen molar-refractivity contribution in [3.05, 3.63) is 66.5 Å². The number of carbonyl (C=O) groups is 1. The van der Waals surface area contributed by atoms with E-state index < -0.39 is 0 Å². The first-order valence-corrected chi connectivity index (χ1v) is 10.4. The van der Waals surface area contributed by atoms with Crippen LogP contribution in [-0.2, 0) is 0 Å². The number of aromatic nitrogens is 2. The van der Waals surface area contributed by atoms with E-state index in [0.717, 1.165) is 35.9 Å². The molecule has 3 aromatic rings. The third-order valence-corrected chi connectivity index (χ3v) is 5.32. The second-order valence-corrected chi connectivity index (χ2v) is 7.23. The van der Waals surface area contributed by atoms with Crippen molar-refractivity contribution in [1.29, 1.82) is 0 Å². The van der Waals surface area contributed by atoms with Crippen molar-refractivity contribution in [2.45, 2.75) is 6.92 Å². The van der Waals surface area contributed by atoms with E-state index in [1.165, 1.54) is 0 Å². The van der Waals surface area contributed by atoms with Crippen molar-refractivity contribution in [3.8, 4) is 22.8 Å². The summed E-state index contributed by atoms with van der Waals surface area (Å²) in [4.78, 5) is 25.8. The highest BCUT2D eigenvalue weighted by Crippen LogP contribution is 2.24. The number of benzene rings is 2. The highest BCUT2D eigenvalue weighted by atomic mass is 16.5. The Morgan fingerprint density at radius 2 is 1.74 bits per heavy atom. The number of amides is 1. The minimum absolute atomic E-state index is 0.0244. The maximum atomic E-state index is 12.8. The van der Waals surface area contributed by atoms with Crippen molar-refractivity contribution < 1.29 is 14.3 Å². The number of anilines is 1. The number of carbonyl (C=O) groups excluding carboxylic acids is 1. The van der Waals surface area contributed by atoms with Gasteiger partial charge in [0, 0.05) is 43.4 Å². The minimum atomic E-state index is 0.0244. The molecule has 0 spiro atoms. The minimum Gasteiger partial charge on any atom is -0.497 e. The van der Waals surface area contributed by atoms with Gasteiger partial charge in [-0.25, -0.2) is 9.97 Å². The molecule has 2 aromatic carbocycles. The van der Waals surface area contributed by atoms with Crippen LogP contribution in [0, 0.1) is 0 Å². The standard InChI is InChI=1S/C24H26N4O3/c1-3-31-20-9-7-18(8-10-20)22-16-23(26-17-25-22)27-11-13-28(14-12-27)24(29)19-5-4-6-21(15-19)30-2/h4-10,15-17H,3,11-14H2,1-2H3. The van der Waals surface area contributed by atoms with Crippen LogP contribution in [0.5, 0.6) is 11.5 Å². The summed E-state index contributed by atoms with van der Waals surface area (Å²) in [6.45, 7) is 5.32. The van der Waals surface area contributed by atoms with Gasteiger partial charge in [-0.15, -0.1) is 0 Å². The van der Waals surface area contributed by atoms with Crippen LogP contribution in [0.3, 0.4) is 0 Å². The molecule has 0 bridgehead atoms. The normalized spacial score (nSPS) is 13.7. The molecule has 31 heavy (non-hydrogen) atoms. The molecule has 0 atom stereocenters. The summed E-state index contributed by atoms with van der Waals surface area (Å²) < 4.78 is 10.7. The predicted molar refractivity (Wildman–Crippen MR) is 120 cm³/mol. The molecule has 1 saturated heterocycles. The number of hydrogen-bond donors (Lipinski definition) is 0. The molecule has 1 aromatic heterocycles. The molecule has 1 amide bonds. The molecule has 0 aliphatic carbocycles. The fraction of sp³-hybridized carbons (Fsp3) is 0.292.